The molecule has 2 aromatic rings. The third-order valence-corrected chi connectivity index (χ3v) is 7.75. The first-order chi connectivity index (χ1) is 13.1. The van der Waals surface area contributed by atoms with E-state index in [0.717, 1.165) is 28.3 Å². The van der Waals surface area contributed by atoms with E-state index in [1.54, 1.807) is 0 Å². The molecule has 3 aliphatic carbocycles. The molecule has 2 N–H and O–H groups in total. The molecule has 3 aliphatic rings. The third-order valence-electron chi connectivity index (χ3n) is 7.75. The van der Waals surface area contributed by atoms with Crippen molar-refractivity contribution in [3.63, 3.8) is 0 Å². The molecule has 1 fully saturated rings. The summed E-state index contributed by atoms with van der Waals surface area (Å²) in [5, 5.41) is 25.8. The summed E-state index contributed by atoms with van der Waals surface area (Å²) in [7, 11) is 0. The van der Waals surface area contributed by atoms with Crippen LogP contribution in [-0.4, -0.2) is 10.2 Å². The second-order valence-electron chi connectivity index (χ2n) is 8.53. The Morgan fingerprint density at radius 1 is 0.852 bits per heavy atom. The fourth-order valence-corrected chi connectivity index (χ4v) is 6.76. The predicted molar refractivity (Wildman–Crippen MR) is 109 cm³/mol. The highest BCUT2D eigenvalue weighted by Crippen LogP contribution is 2.77. The molecule has 0 radical (unpaired) electrons. The van der Waals surface area contributed by atoms with Gasteiger partial charge in [0.25, 0.3) is 0 Å². The molecule has 1 saturated carbocycles. The summed E-state index contributed by atoms with van der Waals surface area (Å²) in [6.45, 7) is 8.02. The van der Waals surface area contributed by atoms with Gasteiger partial charge in [0, 0.05) is 10.8 Å². The largest absolute Gasteiger partial charge is 0.388 e. The molecule has 2 heteroatoms. The van der Waals surface area contributed by atoms with Gasteiger partial charge in [-0.2, -0.15) is 0 Å². The number of aliphatic hydroxyl groups excluding tert-OH is 2. The molecule has 2 bridgehead atoms. The molecule has 6 atom stereocenters. The number of hydrogen-bond acceptors (Lipinski definition) is 2. The molecule has 4 unspecified atom stereocenters. The average Bonchev–Trinajstić information content (AvgIpc) is 3.27. The van der Waals surface area contributed by atoms with Crippen molar-refractivity contribution in [2.24, 2.45) is 22.7 Å². The number of rotatable bonds is 4. The lowest BCUT2D eigenvalue weighted by Gasteiger charge is -2.59. The topological polar surface area (TPSA) is 40.5 Å². The zero-order chi connectivity index (χ0) is 18.8. The molecule has 0 heterocycles. The number of hydrogen-bond donors (Lipinski definition) is 2. The molecule has 138 valence electrons. The van der Waals surface area contributed by atoms with Crippen molar-refractivity contribution in [1.82, 2.24) is 0 Å². The first-order valence-electron chi connectivity index (χ1n) is 9.89. The minimum Gasteiger partial charge on any atom is -0.388 e. The molecule has 2 aromatic carbocycles. The summed E-state index contributed by atoms with van der Waals surface area (Å²) in [5.41, 5.74) is 0.890. The zero-order valence-electron chi connectivity index (χ0n) is 15.5. The molecule has 0 aliphatic heterocycles. The van der Waals surface area contributed by atoms with Crippen LogP contribution in [0, 0.1) is 22.7 Å². The fraction of sp³-hybridized carbons (Fsp3) is 0.360. The van der Waals surface area contributed by atoms with Gasteiger partial charge in [-0.15, -0.1) is 13.2 Å². The van der Waals surface area contributed by atoms with E-state index in [-0.39, 0.29) is 11.8 Å². The summed E-state index contributed by atoms with van der Waals surface area (Å²) >= 11 is 0. The van der Waals surface area contributed by atoms with E-state index in [0.29, 0.717) is 12.8 Å². The monoisotopic (exact) mass is 358 g/mol. The molecule has 0 spiro atoms. The second-order valence-corrected chi connectivity index (χ2v) is 8.53. The average molecular weight is 358 g/mol. The molecule has 0 amide bonds. The van der Waals surface area contributed by atoms with Crippen molar-refractivity contribution in [3.05, 3.63) is 85.0 Å². The minimum absolute atomic E-state index is 0.254. The van der Waals surface area contributed by atoms with Crippen molar-refractivity contribution in [1.29, 1.82) is 0 Å². The molecule has 27 heavy (non-hydrogen) atoms. The highest BCUT2D eigenvalue weighted by molar-refractivity contribution is 5.84. The lowest BCUT2D eigenvalue weighted by atomic mass is 9.46. The summed E-state index contributed by atoms with van der Waals surface area (Å²) in [4.78, 5) is 0. The van der Waals surface area contributed by atoms with Crippen LogP contribution in [-0.2, 0) is 0 Å². The van der Waals surface area contributed by atoms with E-state index < -0.39 is 23.0 Å². The molecular weight excluding hydrogens is 332 g/mol. The zero-order valence-corrected chi connectivity index (χ0v) is 15.5. The van der Waals surface area contributed by atoms with E-state index in [9.17, 15) is 10.2 Å². The van der Waals surface area contributed by atoms with Crippen molar-refractivity contribution >= 4 is 10.8 Å². The van der Waals surface area contributed by atoms with E-state index in [1.165, 1.54) is 0 Å². The van der Waals surface area contributed by atoms with E-state index in [4.69, 9.17) is 0 Å². The third kappa shape index (κ3) is 1.83. The van der Waals surface area contributed by atoms with Crippen LogP contribution in [0.25, 0.3) is 10.8 Å². The quantitative estimate of drug-likeness (QED) is 0.733. The van der Waals surface area contributed by atoms with Crippen LogP contribution in [0.4, 0.5) is 0 Å². The lowest BCUT2D eigenvalue weighted by Crippen LogP contribution is -2.55. The fourth-order valence-electron chi connectivity index (χ4n) is 6.76. The normalized spacial score (nSPS) is 38.6. The number of benzene rings is 2. The van der Waals surface area contributed by atoms with Gasteiger partial charge in [-0.1, -0.05) is 48.6 Å². The standard InChI is InChI=1S/C25H26O2/c1-3-11-24-18-9-10-19(15-18)25(24,12-4-2)23(27)21-14-17-8-6-5-7-16(17)13-20(21)22(24)26/h3-10,13-14,18-19,22-23,26-27H,1-2,11-12,15H2/t18?,19?,22?,23?,24-,25+. The predicted octanol–water partition coefficient (Wildman–Crippen LogP) is 5.25. The minimum atomic E-state index is -0.626. The second kappa shape index (κ2) is 5.67. The van der Waals surface area contributed by atoms with Gasteiger partial charge >= 0.3 is 0 Å². The maximum Gasteiger partial charge on any atom is 0.0865 e. The van der Waals surface area contributed by atoms with Crippen molar-refractivity contribution in [3.8, 4) is 0 Å². The van der Waals surface area contributed by atoms with Gasteiger partial charge in [0.2, 0.25) is 0 Å². The first kappa shape index (κ1) is 17.0. The number of fused-ring (bicyclic) bond motifs is 7. The Balaban J connectivity index is 1.84. The van der Waals surface area contributed by atoms with Gasteiger partial charge in [0.15, 0.2) is 0 Å². The Hall–Kier alpha value is -2.16. The lowest BCUT2D eigenvalue weighted by molar-refractivity contribution is -0.163. The summed E-state index contributed by atoms with van der Waals surface area (Å²) < 4.78 is 0. The summed E-state index contributed by atoms with van der Waals surface area (Å²) in [5.74, 6) is 0.509. The smallest absolute Gasteiger partial charge is 0.0865 e. The Bertz CT molecular complexity index is 897. The van der Waals surface area contributed by atoms with Gasteiger partial charge in [-0.3, -0.25) is 0 Å². The van der Waals surface area contributed by atoms with Gasteiger partial charge < -0.3 is 10.2 Å². The van der Waals surface area contributed by atoms with Crippen LogP contribution in [0.15, 0.2) is 73.9 Å². The molecule has 0 aromatic heterocycles. The molecule has 0 saturated heterocycles. The van der Waals surface area contributed by atoms with Crippen LogP contribution in [0.2, 0.25) is 0 Å². The van der Waals surface area contributed by atoms with Crippen molar-refractivity contribution < 1.29 is 10.2 Å². The number of allylic oxidation sites excluding steroid dienone is 4. The van der Waals surface area contributed by atoms with Gasteiger partial charge in [-0.25, -0.2) is 0 Å². The maximum absolute atomic E-state index is 11.8. The maximum atomic E-state index is 11.8. The van der Waals surface area contributed by atoms with E-state index in [1.807, 2.05) is 24.3 Å². The Labute approximate surface area is 160 Å². The van der Waals surface area contributed by atoms with E-state index >= 15 is 0 Å². The van der Waals surface area contributed by atoms with Crippen molar-refractivity contribution in [2.45, 2.75) is 31.5 Å². The first-order valence-corrected chi connectivity index (χ1v) is 9.89. The van der Waals surface area contributed by atoms with Crippen LogP contribution in [0.5, 0.6) is 0 Å². The molecule has 5 rings (SSSR count). The highest BCUT2D eigenvalue weighted by atomic mass is 16.3. The van der Waals surface area contributed by atoms with Crippen molar-refractivity contribution in [2.75, 3.05) is 0 Å². The van der Waals surface area contributed by atoms with Crippen LogP contribution in [0.3, 0.4) is 0 Å². The molecule has 2 nitrogen and oxygen atoms in total. The Morgan fingerprint density at radius 2 is 1.30 bits per heavy atom. The van der Waals surface area contributed by atoms with Gasteiger partial charge in [0.1, 0.15) is 0 Å². The Kier molecular flexibility index (Phi) is 3.56. The van der Waals surface area contributed by atoms with Crippen LogP contribution < -0.4 is 0 Å². The summed E-state index contributed by atoms with van der Waals surface area (Å²) in [6, 6.07) is 12.3. The molecular formula is C25H26O2. The summed E-state index contributed by atoms with van der Waals surface area (Å²) in [6.07, 6.45) is 9.49. The van der Waals surface area contributed by atoms with Gasteiger partial charge in [0.05, 0.1) is 12.2 Å². The highest BCUT2D eigenvalue weighted by Gasteiger charge is 2.72. The van der Waals surface area contributed by atoms with E-state index in [2.05, 4.69) is 49.6 Å². The number of aliphatic hydroxyl groups is 2. The van der Waals surface area contributed by atoms with Crippen LogP contribution in [0.1, 0.15) is 42.6 Å². The Morgan fingerprint density at radius 3 is 1.70 bits per heavy atom. The SMILES string of the molecule is C=CC[C@@]12C3C=CC(C3)[C@]1(CC=C)C(O)c1cc3ccccc3cc1C2O. The van der Waals surface area contributed by atoms with Gasteiger partial charge in [-0.05, 0) is 65.1 Å². The van der Waals surface area contributed by atoms with Crippen LogP contribution >= 0.6 is 0 Å².